The number of aliphatic imine (C=N–C) groups is 2. The van der Waals surface area contributed by atoms with Gasteiger partial charge >= 0.3 is 0 Å². The van der Waals surface area contributed by atoms with E-state index in [9.17, 15) is 0 Å². The molecule has 0 spiro atoms. The predicted molar refractivity (Wildman–Crippen MR) is 244 cm³/mol. The van der Waals surface area contributed by atoms with Crippen LogP contribution in [-0.2, 0) is 6.54 Å². The zero-order valence-electron chi connectivity index (χ0n) is 30.6. The van der Waals surface area contributed by atoms with E-state index in [2.05, 4.69) is 158 Å². The van der Waals surface area contributed by atoms with E-state index in [1.165, 1.54) is 45.9 Å². The van der Waals surface area contributed by atoms with E-state index in [0.29, 0.717) is 18.2 Å². The van der Waals surface area contributed by atoms with Gasteiger partial charge in [-0.05, 0) is 70.3 Å². The summed E-state index contributed by atoms with van der Waals surface area (Å²) in [5.74, 6) is 0.983. The van der Waals surface area contributed by atoms with Crippen molar-refractivity contribution in [1.29, 1.82) is 0 Å². The molecule has 0 atom stereocenters. The fourth-order valence-electron chi connectivity index (χ4n) is 8.18. The van der Waals surface area contributed by atoms with Gasteiger partial charge in [-0.3, -0.25) is 4.99 Å². The molecule has 0 fully saturated rings. The van der Waals surface area contributed by atoms with Crippen molar-refractivity contribution >= 4 is 96.6 Å². The zero-order valence-corrected chi connectivity index (χ0v) is 32.3. The van der Waals surface area contributed by atoms with Crippen molar-refractivity contribution in [2.75, 3.05) is 0 Å². The third kappa shape index (κ3) is 5.81. The van der Waals surface area contributed by atoms with Gasteiger partial charge in [-0.1, -0.05) is 133 Å². The molecular formula is C51H33N3OS2. The predicted octanol–water partition coefficient (Wildman–Crippen LogP) is 14.0. The first-order valence-electron chi connectivity index (χ1n) is 19.0. The molecule has 0 aliphatic rings. The van der Waals surface area contributed by atoms with Gasteiger partial charge in [-0.25, -0.2) is 4.99 Å². The first-order chi connectivity index (χ1) is 28.2. The lowest BCUT2D eigenvalue weighted by molar-refractivity contribution is 0.668. The van der Waals surface area contributed by atoms with Crippen LogP contribution in [0.5, 0.6) is 0 Å². The van der Waals surface area contributed by atoms with Crippen LogP contribution in [0, 0.1) is 0 Å². The molecule has 6 heteroatoms. The SMILES string of the molecule is N/C(=N\C(=N/Cc1c(-c2cccc3sc4ccccc4c23)ccc2oc3ccccc3c12)c1cccc(-c2ccccc2)c1)c1ccc2c(c1)sc1ccccc12. The third-order valence-electron chi connectivity index (χ3n) is 10.9. The largest absolute Gasteiger partial charge is 0.456 e. The summed E-state index contributed by atoms with van der Waals surface area (Å²) in [4.78, 5) is 10.6. The Morgan fingerprint density at radius 2 is 1.16 bits per heavy atom. The number of fused-ring (bicyclic) bond motifs is 9. The smallest absolute Gasteiger partial charge is 0.157 e. The van der Waals surface area contributed by atoms with Gasteiger partial charge in [0.2, 0.25) is 0 Å². The second kappa shape index (κ2) is 13.7. The lowest BCUT2D eigenvalue weighted by Crippen LogP contribution is -2.16. The van der Waals surface area contributed by atoms with Crippen molar-refractivity contribution in [3.63, 3.8) is 0 Å². The molecule has 3 heterocycles. The molecule has 3 aromatic heterocycles. The highest BCUT2D eigenvalue weighted by Crippen LogP contribution is 2.44. The molecule has 0 aliphatic heterocycles. The van der Waals surface area contributed by atoms with Gasteiger partial charge in [-0.2, -0.15) is 0 Å². The maximum Gasteiger partial charge on any atom is 0.157 e. The summed E-state index contributed by atoms with van der Waals surface area (Å²) in [6.07, 6.45) is 0. The van der Waals surface area contributed by atoms with E-state index >= 15 is 0 Å². The van der Waals surface area contributed by atoms with Crippen LogP contribution in [0.3, 0.4) is 0 Å². The van der Waals surface area contributed by atoms with Crippen LogP contribution in [-0.4, -0.2) is 11.7 Å². The summed E-state index contributed by atoms with van der Waals surface area (Å²) in [7, 11) is 0. The minimum Gasteiger partial charge on any atom is -0.456 e. The molecule has 0 saturated heterocycles. The fourth-order valence-corrected chi connectivity index (χ4v) is 10.5. The topological polar surface area (TPSA) is 63.9 Å². The van der Waals surface area contributed by atoms with Crippen molar-refractivity contribution in [2.45, 2.75) is 6.54 Å². The number of benzene rings is 8. The standard InChI is InChI=1S/C51H33N3OS2/c52-50(33-24-25-37-36-16-5-8-21-44(36)57-47(37)29-33)54-51(34-15-10-14-32(28-34)31-12-2-1-3-13-31)53-30-41-35(26-27-43-48(41)39-17-4-7-20-42(39)55-43)38-19-11-23-46-49(38)40-18-6-9-22-45(40)56-46/h1-29H,30H2,(H2,52,53,54). The maximum absolute atomic E-state index is 6.97. The van der Waals surface area contributed by atoms with Crippen LogP contribution in [0.2, 0.25) is 0 Å². The van der Waals surface area contributed by atoms with E-state index in [1.54, 1.807) is 11.3 Å². The number of hydrogen-bond donors (Lipinski definition) is 1. The molecule has 11 rings (SSSR count). The number of rotatable bonds is 6. The molecule has 4 nitrogen and oxygen atoms in total. The van der Waals surface area contributed by atoms with Crippen LogP contribution in [0.1, 0.15) is 16.7 Å². The number of furan rings is 1. The Kier molecular flexibility index (Phi) is 8.05. The Labute approximate surface area is 336 Å². The van der Waals surface area contributed by atoms with Crippen molar-refractivity contribution in [2.24, 2.45) is 15.7 Å². The van der Waals surface area contributed by atoms with E-state index in [0.717, 1.165) is 55.3 Å². The summed E-state index contributed by atoms with van der Waals surface area (Å²) in [6, 6.07) is 61.6. The van der Waals surface area contributed by atoms with Gasteiger partial charge in [0.25, 0.3) is 0 Å². The number of para-hydroxylation sites is 1. The molecule has 270 valence electrons. The summed E-state index contributed by atoms with van der Waals surface area (Å²) < 4.78 is 11.4. The highest BCUT2D eigenvalue weighted by Gasteiger charge is 2.20. The van der Waals surface area contributed by atoms with E-state index in [-0.39, 0.29) is 0 Å². The molecule has 0 unspecified atom stereocenters. The van der Waals surface area contributed by atoms with E-state index in [4.69, 9.17) is 20.1 Å². The number of nitrogens with two attached hydrogens (primary N) is 1. The Balaban J connectivity index is 1.12. The molecule has 0 aliphatic carbocycles. The van der Waals surface area contributed by atoms with E-state index < -0.39 is 0 Å². The van der Waals surface area contributed by atoms with Crippen molar-refractivity contribution in [3.05, 3.63) is 193 Å². The fraction of sp³-hybridized carbons (Fsp3) is 0.0196. The van der Waals surface area contributed by atoms with Crippen LogP contribution < -0.4 is 5.73 Å². The second-order valence-corrected chi connectivity index (χ2v) is 16.4. The minimum atomic E-state index is 0.353. The maximum atomic E-state index is 6.97. The lowest BCUT2D eigenvalue weighted by Gasteiger charge is -2.13. The number of nitrogens with zero attached hydrogens (tertiary/aromatic N) is 2. The number of amidine groups is 2. The first-order valence-corrected chi connectivity index (χ1v) is 20.6. The Morgan fingerprint density at radius 1 is 0.474 bits per heavy atom. The average molecular weight is 768 g/mol. The summed E-state index contributed by atoms with van der Waals surface area (Å²) >= 11 is 3.60. The highest BCUT2D eigenvalue weighted by atomic mass is 32.1. The van der Waals surface area contributed by atoms with Crippen LogP contribution >= 0.6 is 22.7 Å². The second-order valence-electron chi connectivity index (χ2n) is 14.2. The van der Waals surface area contributed by atoms with Crippen LogP contribution in [0.25, 0.3) is 84.5 Å². The van der Waals surface area contributed by atoms with Crippen molar-refractivity contribution < 1.29 is 4.42 Å². The molecule has 11 aromatic rings. The molecular weight excluding hydrogens is 735 g/mol. The molecule has 0 radical (unpaired) electrons. The van der Waals surface area contributed by atoms with Gasteiger partial charge in [-0.15, -0.1) is 22.7 Å². The summed E-state index contributed by atoms with van der Waals surface area (Å²) in [5.41, 5.74) is 16.0. The molecule has 2 N–H and O–H groups in total. The molecule has 0 bridgehead atoms. The number of hydrogen-bond acceptors (Lipinski definition) is 4. The molecule has 57 heavy (non-hydrogen) atoms. The summed E-state index contributed by atoms with van der Waals surface area (Å²) in [6.45, 7) is 0.353. The van der Waals surface area contributed by atoms with Gasteiger partial charge < -0.3 is 10.2 Å². The quantitative estimate of drug-likeness (QED) is 0.135. The lowest BCUT2D eigenvalue weighted by atomic mass is 9.92. The average Bonchev–Trinajstić information content (AvgIpc) is 3.96. The zero-order chi connectivity index (χ0) is 37.9. The van der Waals surface area contributed by atoms with Crippen molar-refractivity contribution in [3.8, 4) is 22.3 Å². The van der Waals surface area contributed by atoms with Gasteiger partial charge in [0, 0.05) is 62.2 Å². The van der Waals surface area contributed by atoms with Crippen LogP contribution in [0.15, 0.2) is 190 Å². The van der Waals surface area contributed by atoms with Gasteiger partial charge in [0.15, 0.2) is 5.84 Å². The monoisotopic (exact) mass is 767 g/mol. The van der Waals surface area contributed by atoms with Crippen LogP contribution in [0.4, 0.5) is 0 Å². The number of thiophene rings is 2. The third-order valence-corrected chi connectivity index (χ3v) is 13.1. The van der Waals surface area contributed by atoms with Crippen molar-refractivity contribution in [1.82, 2.24) is 0 Å². The normalized spacial score (nSPS) is 12.6. The van der Waals surface area contributed by atoms with Gasteiger partial charge in [0.1, 0.15) is 17.0 Å². The molecule has 0 amide bonds. The first kappa shape index (κ1) is 33.5. The Bertz CT molecular complexity index is 3400. The Morgan fingerprint density at radius 3 is 2.04 bits per heavy atom. The van der Waals surface area contributed by atoms with E-state index in [1.807, 2.05) is 29.5 Å². The minimum absolute atomic E-state index is 0.353. The Hall–Kier alpha value is -6.86. The molecule has 0 saturated carbocycles. The summed E-state index contributed by atoms with van der Waals surface area (Å²) in [5, 5.41) is 7.11. The highest BCUT2D eigenvalue weighted by molar-refractivity contribution is 7.26. The molecule has 8 aromatic carbocycles. The van der Waals surface area contributed by atoms with Gasteiger partial charge in [0.05, 0.1) is 6.54 Å².